The van der Waals surface area contributed by atoms with E-state index in [2.05, 4.69) is 15.5 Å². The molecule has 178 valence electrons. The van der Waals surface area contributed by atoms with E-state index in [9.17, 15) is 9.59 Å². The molecule has 1 aliphatic rings. The maximum atomic E-state index is 12.7. The van der Waals surface area contributed by atoms with Crippen molar-refractivity contribution >= 4 is 40.4 Å². The molecule has 34 heavy (non-hydrogen) atoms. The lowest BCUT2D eigenvalue weighted by Crippen LogP contribution is -2.33. The summed E-state index contributed by atoms with van der Waals surface area (Å²) in [6, 6.07) is 17.1. The van der Waals surface area contributed by atoms with Gasteiger partial charge in [0.1, 0.15) is 0 Å². The molecule has 0 radical (unpaired) electrons. The highest BCUT2D eigenvalue weighted by atomic mass is 35.5. The van der Waals surface area contributed by atoms with Gasteiger partial charge in [0.2, 0.25) is 0 Å². The quantitative estimate of drug-likeness (QED) is 0.403. The Morgan fingerprint density at radius 3 is 2.50 bits per heavy atom. The molecule has 5 nitrogen and oxygen atoms in total. The van der Waals surface area contributed by atoms with E-state index in [4.69, 9.17) is 11.6 Å². The van der Waals surface area contributed by atoms with Crippen molar-refractivity contribution in [2.24, 2.45) is 0 Å². The number of benzene rings is 2. The average molecular weight is 496 g/mol. The lowest BCUT2D eigenvalue weighted by molar-refractivity contribution is 0.0943. The molecule has 1 aliphatic heterocycles. The third-order valence-electron chi connectivity index (χ3n) is 6.01. The van der Waals surface area contributed by atoms with E-state index in [0.717, 1.165) is 25.2 Å². The van der Waals surface area contributed by atoms with Gasteiger partial charge < -0.3 is 10.6 Å². The van der Waals surface area contributed by atoms with Crippen LogP contribution in [0.25, 0.3) is 0 Å². The number of thiophene rings is 1. The number of anilines is 1. The minimum absolute atomic E-state index is 0.0732. The van der Waals surface area contributed by atoms with Crippen LogP contribution in [0.5, 0.6) is 0 Å². The lowest BCUT2D eigenvalue weighted by Gasteiger charge is -2.26. The Balaban J connectivity index is 1.29. The summed E-state index contributed by atoms with van der Waals surface area (Å²) in [7, 11) is 0. The van der Waals surface area contributed by atoms with E-state index >= 15 is 0 Å². The highest BCUT2D eigenvalue weighted by Crippen LogP contribution is 2.22. The fourth-order valence-corrected chi connectivity index (χ4v) is 5.16. The Kier molecular flexibility index (Phi) is 8.38. The lowest BCUT2D eigenvalue weighted by atomic mass is 10.1. The molecule has 2 aromatic carbocycles. The number of likely N-dealkylation sites (tertiary alicyclic amines) is 1. The van der Waals surface area contributed by atoms with Gasteiger partial charge in [0.15, 0.2) is 0 Å². The van der Waals surface area contributed by atoms with Gasteiger partial charge in [-0.25, -0.2) is 0 Å². The molecule has 0 aliphatic carbocycles. The number of piperidine rings is 1. The number of halogens is 1. The van der Waals surface area contributed by atoms with Crippen LogP contribution in [0.3, 0.4) is 0 Å². The molecule has 2 heterocycles. The number of amides is 2. The molecule has 1 fully saturated rings. The van der Waals surface area contributed by atoms with Crippen molar-refractivity contribution in [3.63, 3.8) is 0 Å². The minimum atomic E-state index is -0.179. The highest BCUT2D eigenvalue weighted by molar-refractivity contribution is 7.12. The van der Waals surface area contributed by atoms with Crippen molar-refractivity contribution < 1.29 is 9.59 Å². The van der Waals surface area contributed by atoms with Crippen LogP contribution in [0.15, 0.2) is 60.0 Å². The maximum Gasteiger partial charge on any atom is 0.261 e. The van der Waals surface area contributed by atoms with Crippen molar-refractivity contribution in [1.29, 1.82) is 0 Å². The fourth-order valence-electron chi connectivity index (χ4n) is 4.20. The van der Waals surface area contributed by atoms with Crippen LogP contribution in [0.1, 0.15) is 57.3 Å². The normalized spacial score (nSPS) is 15.0. The van der Waals surface area contributed by atoms with Gasteiger partial charge in [0.05, 0.1) is 10.6 Å². The van der Waals surface area contributed by atoms with Crippen LogP contribution in [0, 0.1) is 0 Å². The number of nitrogens with zero attached hydrogens (tertiary/aromatic N) is 1. The molecule has 0 saturated carbocycles. The van der Waals surface area contributed by atoms with Crippen LogP contribution < -0.4 is 10.6 Å². The summed E-state index contributed by atoms with van der Waals surface area (Å²) >= 11 is 7.53. The van der Waals surface area contributed by atoms with Crippen molar-refractivity contribution in [1.82, 2.24) is 10.2 Å². The zero-order valence-electron chi connectivity index (χ0n) is 19.4. The standard InChI is InChI=1S/C27H30ClN3O2S/c1-19(15-22-7-3-4-8-24(22)28)29-27(33)25-16-23(18-34-25)30-26(32)21-11-9-20(10-12-21)17-31-13-5-2-6-14-31/h3-4,7-12,16,18-19H,2,5-6,13-15,17H2,1H3,(H,29,33)(H,30,32). The van der Waals surface area contributed by atoms with Gasteiger partial charge in [0.25, 0.3) is 11.8 Å². The van der Waals surface area contributed by atoms with Gasteiger partial charge in [-0.1, -0.05) is 48.4 Å². The van der Waals surface area contributed by atoms with Crippen LogP contribution in [-0.4, -0.2) is 35.8 Å². The van der Waals surface area contributed by atoms with Gasteiger partial charge in [0, 0.05) is 28.6 Å². The molecule has 1 saturated heterocycles. The molecule has 4 rings (SSSR count). The fraction of sp³-hybridized carbons (Fsp3) is 0.333. The molecule has 2 N–H and O–H groups in total. The molecule has 1 aromatic heterocycles. The zero-order chi connectivity index (χ0) is 23.9. The van der Waals surface area contributed by atoms with Crippen molar-refractivity contribution in [2.75, 3.05) is 18.4 Å². The van der Waals surface area contributed by atoms with Gasteiger partial charge in [-0.15, -0.1) is 11.3 Å². The third kappa shape index (κ3) is 6.69. The molecular weight excluding hydrogens is 466 g/mol. The van der Waals surface area contributed by atoms with Gasteiger partial charge in [-0.2, -0.15) is 0 Å². The molecule has 0 bridgehead atoms. The molecular formula is C27H30ClN3O2S. The molecule has 0 spiro atoms. The van der Waals surface area contributed by atoms with Crippen molar-refractivity contribution in [2.45, 2.75) is 45.2 Å². The van der Waals surface area contributed by atoms with Crippen molar-refractivity contribution in [3.8, 4) is 0 Å². The SMILES string of the molecule is CC(Cc1ccccc1Cl)NC(=O)c1cc(NC(=O)c2ccc(CN3CCCCC3)cc2)cs1. The van der Waals surface area contributed by atoms with Crippen LogP contribution >= 0.6 is 22.9 Å². The van der Waals surface area contributed by atoms with Gasteiger partial charge in [-0.3, -0.25) is 14.5 Å². The average Bonchev–Trinajstić information content (AvgIpc) is 3.30. The number of rotatable bonds is 8. The van der Waals surface area contributed by atoms with Gasteiger partial charge in [-0.05, 0) is 74.7 Å². The summed E-state index contributed by atoms with van der Waals surface area (Å²) in [5, 5.41) is 8.39. The number of nitrogens with one attached hydrogen (secondary N) is 2. The van der Waals surface area contributed by atoms with E-state index in [0.29, 0.717) is 27.6 Å². The first-order chi connectivity index (χ1) is 16.5. The summed E-state index contributed by atoms with van der Waals surface area (Å²) < 4.78 is 0. The molecule has 1 atom stereocenters. The molecule has 7 heteroatoms. The largest absolute Gasteiger partial charge is 0.349 e. The first-order valence-electron chi connectivity index (χ1n) is 11.7. The summed E-state index contributed by atoms with van der Waals surface area (Å²) in [5.74, 6) is -0.339. The predicted molar refractivity (Wildman–Crippen MR) is 140 cm³/mol. The Bertz CT molecular complexity index is 1120. The Morgan fingerprint density at radius 1 is 1.03 bits per heavy atom. The molecule has 2 amide bonds. The second-order valence-electron chi connectivity index (χ2n) is 8.86. The Labute approximate surface area is 210 Å². The van der Waals surface area contributed by atoms with E-state index in [-0.39, 0.29) is 17.9 Å². The summed E-state index contributed by atoms with van der Waals surface area (Å²) in [6.45, 7) is 5.18. The van der Waals surface area contributed by atoms with E-state index < -0.39 is 0 Å². The van der Waals surface area contributed by atoms with Crippen LogP contribution in [0.2, 0.25) is 5.02 Å². The topological polar surface area (TPSA) is 61.4 Å². The Morgan fingerprint density at radius 2 is 1.76 bits per heavy atom. The van der Waals surface area contributed by atoms with Crippen molar-refractivity contribution in [3.05, 3.63) is 86.6 Å². The second kappa shape index (κ2) is 11.6. The zero-order valence-corrected chi connectivity index (χ0v) is 20.9. The molecule has 1 unspecified atom stereocenters. The van der Waals surface area contributed by atoms with E-state index in [1.807, 2.05) is 55.5 Å². The second-order valence-corrected chi connectivity index (χ2v) is 10.2. The first-order valence-corrected chi connectivity index (χ1v) is 13.0. The van der Waals surface area contributed by atoms with Crippen LogP contribution in [-0.2, 0) is 13.0 Å². The van der Waals surface area contributed by atoms with E-state index in [1.54, 1.807) is 11.4 Å². The summed E-state index contributed by atoms with van der Waals surface area (Å²) in [5.41, 5.74) is 3.45. The number of carbonyl (C=O) groups excluding carboxylic acids is 2. The Hall–Kier alpha value is -2.67. The van der Waals surface area contributed by atoms with Crippen LogP contribution in [0.4, 0.5) is 5.69 Å². The summed E-state index contributed by atoms with van der Waals surface area (Å²) in [6.07, 6.45) is 4.50. The third-order valence-corrected chi connectivity index (χ3v) is 7.31. The number of hydrogen-bond acceptors (Lipinski definition) is 4. The number of carbonyl (C=O) groups is 2. The maximum absolute atomic E-state index is 12.7. The smallest absolute Gasteiger partial charge is 0.261 e. The summed E-state index contributed by atoms with van der Waals surface area (Å²) in [4.78, 5) is 28.3. The number of hydrogen-bond donors (Lipinski definition) is 2. The van der Waals surface area contributed by atoms with Gasteiger partial charge >= 0.3 is 0 Å². The monoisotopic (exact) mass is 495 g/mol. The van der Waals surface area contributed by atoms with E-state index in [1.165, 1.54) is 36.2 Å². The minimum Gasteiger partial charge on any atom is -0.349 e. The predicted octanol–water partition coefficient (Wildman–Crippen LogP) is 6.00. The first kappa shape index (κ1) is 24.5. The highest BCUT2D eigenvalue weighted by Gasteiger charge is 2.16. The molecule has 3 aromatic rings.